The highest BCUT2D eigenvalue weighted by atomic mass is 35.5. The lowest BCUT2D eigenvalue weighted by molar-refractivity contribution is 0.616. The first-order valence-corrected chi connectivity index (χ1v) is 9.92. The summed E-state index contributed by atoms with van der Waals surface area (Å²) in [6.07, 6.45) is 3.98. The van der Waals surface area contributed by atoms with Gasteiger partial charge in [0, 0.05) is 16.5 Å². The molecule has 5 rings (SSSR count). The molecule has 0 bridgehead atoms. The van der Waals surface area contributed by atoms with Gasteiger partial charge in [-0.25, -0.2) is 4.98 Å². The van der Waals surface area contributed by atoms with Crippen molar-refractivity contribution in [2.45, 2.75) is 0 Å². The lowest BCUT2D eigenvalue weighted by atomic mass is 10.0. The first-order chi connectivity index (χ1) is 14.7. The van der Waals surface area contributed by atoms with Crippen LogP contribution in [0, 0.1) is 0 Å². The van der Waals surface area contributed by atoms with Crippen LogP contribution in [-0.2, 0) is 0 Å². The van der Waals surface area contributed by atoms with E-state index in [4.69, 9.17) is 21.0 Å². The Labute approximate surface area is 177 Å². The molecule has 30 heavy (non-hydrogen) atoms. The second-order valence-electron chi connectivity index (χ2n) is 6.94. The van der Waals surface area contributed by atoms with Gasteiger partial charge in [0.2, 0.25) is 0 Å². The molecule has 3 aromatic carbocycles. The smallest absolute Gasteiger partial charge is 0.193 e. The third-order valence-electron chi connectivity index (χ3n) is 4.98. The van der Waals surface area contributed by atoms with Crippen LogP contribution in [0.2, 0.25) is 5.02 Å². The number of rotatable bonds is 3. The van der Waals surface area contributed by atoms with Gasteiger partial charge in [0.25, 0.3) is 0 Å². The molecule has 0 amide bonds. The quantitative estimate of drug-likeness (QED) is 0.328. The number of nitrogens with zero attached hydrogens (tertiary/aromatic N) is 1. The monoisotopic (exact) mass is 409 g/mol. The van der Waals surface area contributed by atoms with E-state index in [9.17, 15) is 4.79 Å². The number of para-hydroxylation sites is 2. The summed E-state index contributed by atoms with van der Waals surface area (Å²) in [5.41, 5.74) is 3.78. The van der Waals surface area contributed by atoms with Gasteiger partial charge in [-0.2, -0.15) is 0 Å². The number of halogens is 1. The zero-order valence-corrected chi connectivity index (χ0v) is 16.6. The molecule has 4 heteroatoms. The van der Waals surface area contributed by atoms with Gasteiger partial charge in [0.1, 0.15) is 11.3 Å². The van der Waals surface area contributed by atoms with Crippen LogP contribution >= 0.6 is 11.6 Å². The van der Waals surface area contributed by atoms with Crippen molar-refractivity contribution in [2.75, 3.05) is 0 Å². The van der Waals surface area contributed by atoms with Gasteiger partial charge in [0.15, 0.2) is 11.2 Å². The van der Waals surface area contributed by atoms with E-state index < -0.39 is 0 Å². The topological polar surface area (TPSA) is 43.1 Å². The van der Waals surface area contributed by atoms with Crippen molar-refractivity contribution < 1.29 is 4.42 Å². The number of fused-ring (bicyclic) bond motifs is 2. The Morgan fingerprint density at radius 2 is 1.47 bits per heavy atom. The van der Waals surface area contributed by atoms with Crippen LogP contribution in [0.3, 0.4) is 0 Å². The van der Waals surface area contributed by atoms with Crippen LogP contribution in [0.15, 0.2) is 94.1 Å². The molecular weight excluding hydrogens is 394 g/mol. The molecule has 0 aliphatic carbocycles. The predicted octanol–water partition coefficient (Wildman–Crippen LogP) is 6.83. The van der Waals surface area contributed by atoms with Crippen molar-refractivity contribution in [3.8, 4) is 11.5 Å². The number of benzene rings is 3. The molecule has 5 aromatic rings. The normalized spacial score (nSPS) is 11.5. The van der Waals surface area contributed by atoms with Crippen molar-refractivity contribution in [3.05, 3.63) is 111 Å². The fourth-order valence-electron chi connectivity index (χ4n) is 3.49. The van der Waals surface area contributed by atoms with Crippen LogP contribution in [0.4, 0.5) is 0 Å². The fourth-order valence-corrected chi connectivity index (χ4v) is 3.69. The molecule has 0 saturated heterocycles. The van der Waals surface area contributed by atoms with E-state index in [0.717, 1.165) is 22.0 Å². The minimum absolute atomic E-state index is 0.0880. The summed E-state index contributed by atoms with van der Waals surface area (Å²) >= 11 is 6.30. The Kier molecular flexibility index (Phi) is 4.66. The molecule has 2 aromatic heterocycles. The van der Waals surface area contributed by atoms with Gasteiger partial charge < -0.3 is 4.42 Å². The minimum atomic E-state index is -0.0880. The summed E-state index contributed by atoms with van der Waals surface area (Å²) in [5.74, 6) is 0.442. The van der Waals surface area contributed by atoms with Crippen LogP contribution in [0.5, 0.6) is 0 Å². The maximum atomic E-state index is 12.6. The van der Waals surface area contributed by atoms with E-state index >= 15 is 0 Å². The molecule has 3 nitrogen and oxygen atoms in total. The van der Waals surface area contributed by atoms with Gasteiger partial charge in [-0.15, -0.1) is 0 Å². The summed E-state index contributed by atoms with van der Waals surface area (Å²) in [5, 5.41) is 2.25. The average molecular weight is 410 g/mol. The molecule has 0 aliphatic heterocycles. The van der Waals surface area contributed by atoms with E-state index in [1.807, 2.05) is 78.9 Å². The van der Waals surface area contributed by atoms with Crippen molar-refractivity contribution in [3.63, 3.8) is 0 Å². The Morgan fingerprint density at radius 3 is 2.33 bits per heavy atom. The standard InChI is InChI=1S/C26H16ClNO2/c27-21-10-4-1-7-17(21)13-14-18-15-23(28-22-11-5-2-8-19(18)22)26-16-24(29)20-9-3-6-12-25(20)30-26/h1-16H/b14-13+. The molecule has 0 N–H and O–H groups in total. The van der Waals surface area contributed by atoms with Crippen molar-refractivity contribution >= 4 is 45.6 Å². The molecule has 2 heterocycles. The van der Waals surface area contributed by atoms with Crippen molar-refractivity contribution in [2.24, 2.45) is 0 Å². The number of hydrogen-bond donors (Lipinski definition) is 0. The zero-order valence-electron chi connectivity index (χ0n) is 15.9. The summed E-state index contributed by atoms with van der Waals surface area (Å²) in [7, 11) is 0. The third kappa shape index (κ3) is 3.40. The third-order valence-corrected chi connectivity index (χ3v) is 5.33. The van der Waals surface area contributed by atoms with Gasteiger partial charge in [-0.1, -0.05) is 72.3 Å². The molecule has 0 unspecified atom stereocenters. The molecule has 0 radical (unpaired) electrons. The molecule has 0 atom stereocenters. The molecular formula is C26H16ClNO2. The largest absolute Gasteiger partial charge is 0.454 e. The summed E-state index contributed by atoms with van der Waals surface area (Å²) < 4.78 is 6.01. The Hall–Kier alpha value is -3.69. The van der Waals surface area contributed by atoms with Gasteiger partial charge in [0.05, 0.1) is 10.9 Å². The molecule has 0 aliphatic rings. The lowest BCUT2D eigenvalue weighted by Gasteiger charge is -2.08. The maximum Gasteiger partial charge on any atom is 0.193 e. The number of pyridine rings is 1. The zero-order chi connectivity index (χ0) is 20.5. The van der Waals surface area contributed by atoms with Crippen molar-refractivity contribution in [1.82, 2.24) is 4.98 Å². The van der Waals surface area contributed by atoms with Gasteiger partial charge in [-0.05, 0) is 41.5 Å². The summed E-state index contributed by atoms with van der Waals surface area (Å²) in [6, 6.07) is 26.2. The highest BCUT2D eigenvalue weighted by Crippen LogP contribution is 2.28. The van der Waals surface area contributed by atoms with E-state index in [-0.39, 0.29) is 5.43 Å². The number of hydrogen-bond acceptors (Lipinski definition) is 3. The van der Waals surface area contributed by atoms with Gasteiger partial charge >= 0.3 is 0 Å². The van der Waals surface area contributed by atoms with E-state index in [1.54, 1.807) is 12.1 Å². The minimum Gasteiger partial charge on any atom is -0.454 e. The Morgan fingerprint density at radius 1 is 0.767 bits per heavy atom. The van der Waals surface area contributed by atoms with Crippen LogP contribution in [0.1, 0.15) is 11.1 Å². The predicted molar refractivity (Wildman–Crippen MR) is 124 cm³/mol. The molecule has 0 spiro atoms. The SMILES string of the molecule is O=c1cc(-c2cc(/C=C/c3ccccc3Cl)c3ccccc3n2)oc2ccccc12. The Bertz CT molecular complexity index is 1480. The lowest BCUT2D eigenvalue weighted by Crippen LogP contribution is -2.01. The summed E-state index contributed by atoms with van der Waals surface area (Å²) in [4.78, 5) is 17.3. The highest BCUT2D eigenvalue weighted by Gasteiger charge is 2.11. The highest BCUT2D eigenvalue weighted by molar-refractivity contribution is 6.32. The molecule has 0 saturated carbocycles. The molecule has 144 valence electrons. The van der Waals surface area contributed by atoms with Crippen LogP contribution in [-0.4, -0.2) is 4.98 Å². The average Bonchev–Trinajstić information content (AvgIpc) is 2.78. The van der Waals surface area contributed by atoms with Crippen molar-refractivity contribution in [1.29, 1.82) is 0 Å². The van der Waals surface area contributed by atoms with E-state index in [1.165, 1.54) is 6.07 Å². The maximum absolute atomic E-state index is 12.6. The molecule has 0 fully saturated rings. The van der Waals surface area contributed by atoms with Gasteiger partial charge in [-0.3, -0.25) is 4.79 Å². The van der Waals surface area contributed by atoms with E-state index in [2.05, 4.69) is 0 Å². The second-order valence-corrected chi connectivity index (χ2v) is 7.35. The van der Waals surface area contributed by atoms with Crippen LogP contribution in [0.25, 0.3) is 45.5 Å². The number of aromatic nitrogens is 1. The fraction of sp³-hybridized carbons (Fsp3) is 0. The van der Waals surface area contributed by atoms with E-state index in [0.29, 0.717) is 27.4 Å². The Balaban J connectivity index is 1.69. The van der Waals surface area contributed by atoms with Crippen LogP contribution < -0.4 is 5.43 Å². The summed E-state index contributed by atoms with van der Waals surface area (Å²) in [6.45, 7) is 0. The first kappa shape index (κ1) is 18.3. The second kappa shape index (κ2) is 7.62. The first-order valence-electron chi connectivity index (χ1n) is 9.55.